The number of thiophene rings is 1. The molecule has 0 saturated carbocycles. The van der Waals surface area contributed by atoms with Crippen LogP contribution in [0.4, 0.5) is 5.69 Å². The smallest absolute Gasteiger partial charge is 0.250 e. The van der Waals surface area contributed by atoms with Crippen LogP contribution in [-0.4, -0.2) is 71.6 Å². The van der Waals surface area contributed by atoms with Gasteiger partial charge < -0.3 is 9.80 Å². The number of nitrogens with zero attached hydrogens (tertiary/aromatic N) is 3. The average Bonchev–Trinajstić information content (AvgIpc) is 3.37. The van der Waals surface area contributed by atoms with E-state index in [9.17, 15) is 8.42 Å². The Bertz CT molecular complexity index is 981. The zero-order chi connectivity index (χ0) is 21.3. The predicted molar refractivity (Wildman–Crippen MR) is 124 cm³/mol. The molecule has 2 aliphatic heterocycles. The van der Waals surface area contributed by atoms with Crippen molar-refractivity contribution >= 4 is 27.0 Å². The van der Waals surface area contributed by atoms with Gasteiger partial charge in [-0.1, -0.05) is 19.1 Å². The first-order valence-electron chi connectivity index (χ1n) is 10.7. The number of rotatable bonds is 7. The van der Waals surface area contributed by atoms with Crippen molar-refractivity contribution in [3.63, 3.8) is 0 Å². The quantitative estimate of drug-likeness (QED) is 0.706. The number of nitrogens with one attached hydrogen (secondary N) is 1. The van der Waals surface area contributed by atoms with Crippen molar-refractivity contribution in [2.24, 2.45) is 0 Å². The van der Waals surface area contributed by atoms with Gasteiger partial charge in [-0.3, -0.25) is 4.90 Å². The van der Waals surface area contributed by atoms with E-state index < -0.39 is 10.0 Å². The Morgan fingerprint density at radius 2 is 1.83 bits per heavy atom. The molecule has 164 valence electrons. The van der Waals surface area contributed by atoms with Crippen molar-refractivity contribution in [1.82, 2.24) is 14.5 Å². The summed E-state index contributed by atoms with van der Waals surface area (Å²) in [6, 6.07) is 10.3. The molecule has 4 rings (SSSR count). The van der Waals surface area contributed by atoms with Crippen LogP contribution in [0.25, 0.3) is 0 Å². The molecule has 0 spiro atoms. The standard InChI is InChI=1S/C22H32N4O2S2/c1-4-19-6-8-22(29-19)30(27,28)23-16-21(26-13-11-24(2)12-14-26)17-5-7-20-18(15-17)9-10-25(20)3/h5-8,15,21,23H,4,9-14,16H2,1-3H3/t21-/m0/s1. The largest absolute Gasteiger partial charge is 0.374 e. The van der Waals surface area contributed by atoms with E-state index in [1.54, 1.807) is 6.07 Å². The Morgan fingerprint density at radius 3 is 2.53 bits per heavy atom. The van der Waals surface area contributed by atoms with Crippen LogP contribution in [0.5, 0.6) is 0 Å². The number of piperazine rings is 1. The molecule has 1 N–H and O–H groups in total. The molecule has 1 aromatic carbocycles. The second kappa shape index (κ2) is 8.96. The third kappa shape index (κ3) is 4.57. The SMILES string of the molecule is CCc1ccc(S(=O)(=O)NC[C@@H](c2ccc3c(c2)CCN3C)N2CCN(C)CC2)s1. The lowest BCUT2D eigenvalue weighted by atomic mass is 10.0. The lowest BCUT2D eigenvalue weighted by molar-refractivity contribution is 0.113. The molecule has 3 heterocycles. The second-order valence-corrected chi connectivity index (χ2v) is 11.5. The number of anilines is 1. The summed E-state index contributed by atoms with van der Waals surface area (Å²) >= 11 is 1.36. The molecule has 1 aromatic heterocycles. The zero-order valence-electron chi connectivity index (χ0n) is 18.1. The molecule has 2 aromatic rings. The van der Waals surface area contributed by atoms with Crippen LogP contribution in [0.1, 0.15) is 29.0 Å². The molecule has 0 unspecified atom stereocenters. The van der Waals surface area contributed by atoms with E-state index in [2.05, 4.69) is 51.7 Å². The Balaban J connectivity index is 1.56. The molecule has 0 amide bonds. The minimum absolute atomic E-state index is 0.0373. The number of benzene rings is 1. The minimum Gasteiger partial charge on any atom is -0.374 e. The summed E-state index contributed by atoms with van der Waals surface area (Å²) < 4.78 is 29.2. The molecule has 0 aliphatic carbocycles. The zero-order valence-corrected chi connectivity index (χ0v) is 19.7. The monoisotopic (exact) mass is 448 g/mol. The fourth-order valence-corrected chi connectivity index (χ4v) is 6.72. The van der Waals surface area contributed by atoms with Gasteiger partial charge in [-0.15, -0.1) is 11.3 Å². The third-order valence-corrected chi connectivity index (χ3v) is 9.46. The fourth-order valence-electron chi connectivity index (χ4n) is 4.34. The first-order valence-corrected chi connectivity index (χ1v) is 13.0. The van der Waals surface area contributed by atoms with Crippen LogP contribution in [0, 0.1) is 0 Å². The molecular weight excluding hydrogens is 416 g/mol. The maximum atomic E-state index is 12.9. The molecule has 0 bridgehead atoms. The van der Waals surface area contributed by atoms with E-state index in [0.29, 0.717) is 10.8 Å². The minimum atomic E-state index is -3.50. The molecule has 2 aliphatic rings. The third-order valence-electron chi connectivity index (χ3n) is 6.31. The van der Waals surface area contributed by atoms with Gasteiger partial charge >= 0.3 is 0 Å². The van der Waals surface area contributed by atoms with Gasteiger partial charge in [0, 0.05) is 62.9 Å². The van der Waals surface area contributed by atoms with E-state index in [0.717, 1.165) is 50.4 Å². The van der Waals surface area contributed by atoms with Crippen LogP contribution in [0.3, 0.4) is 0 Å². The highest BCUT2D eigenvalue weighted by molar-refractivity contribution is 7.91. The Kier molecular flexibility index (Phi) is 6.50. The van der Waals surface area contributed by atoms with Crippen molar-refractivity contribution in [3.05, 3.63) is 46.3 Å². The van der Waals surface area contributed by atoms with Crippen LogP contribution in [0.2, 0.25) is 0 Å². The van der Waals surface area contributed by atoms with Gasteiger partial charge in [0.05, 0.1) is 0 Å². The van der Waals surface area contributed by atoms with Crippen molar-refractivity contribution < 1.29 is 8.42 Å². The summed E-state index contributed by atoms with van der Waals surface area (Å²) in [5, 5.41) is 0. The van der Waals surface area contributed by atoms with Gasteiger partial charge in [0.25, 0.3) is 0 Å². The molecule has 0 radical (unpaired) electrons. The number of aryl methyl sites for hydroxylation is 1. The first kappa shape index (κ1) is 21.8. The van der Waals surface area contributed by atoms with E-state index in [1.165, 1.54) is 28.2 Å². The van der Waals surface area contributed by atoms with E-state index in [1.807, 2.05) is 13.0 Å². The van der Waals surface area contributed by atoms with E-state index in [4.69, 9.17) is 0 Å². The van der Waals surface area contributed by atoms with E-state index >= 15 is 0 Å². The predicted octanol–water partition coefficient (Wildman–Crippen LogP) is 2.57. The number of fused-ring (bicyclic) bond motifs is 1. The highest BCUT2D eigenvalue weighted by Gasteiger charge is 2.28. The van der Waals surface area contributed by atoms with Gasteiger partial charge in [-0.25, -0.2) is 13.1 Å². The number of hydrogen-bond acceptors (Lipinski definition) is 6. The summed E-state index contributed by atoms with van der Waals surface area (Å²) in [7, 11) is 0.770. The maximum absolute atomic E-state index is 12.9. The van der Waals surface area contributed by atoms with Gasteiger partial charge in [0.1, 0.15) is 4.21 Å². The molecule has 1 saturated heterocycles. The number of sulfonamides is 1. The van der Waals surface area contributed by atoms with Crippen LogP contribution in [0.15, 0.2) is 34.5 Å². The van der Waals surface area contributed by atoms with E-state index in [-0.39, 0.29) is 6.04 Å². The summed E-state index contributed by atoms with van der Waals surface area (Å²) in [4.78, 5) is 8.13. The van der Waals surface area contributed by atoms with Gasteiger partial charge in [-0.05, 0) is 49.2 Å². The second-order valence-electron chi connectivity index (χ2n) is 8.34. The topological polar surface area (TPSA) is 55.9 Å². The fraction of sp³-hybridized carbons (Fsp3) is 0.545. The van der Waals surface area contributed by atoms with Crippen molar-refractivity contribution in [3.8, 4) is 0 Å². The maximum Gasteiger partial charge on any atom is 0.250 e. The number of hydrogen-bond donors (Lipinski definition) is 1. The van der Waals surface area contributed by atoms with Crippen molar-refractivity contribution in [1.29, 1.82) is 0 Å². The highest BCUT2D eigenvalue weighted by Crippen LogP contribution is 2.32. The Morgan fingerprint density at radius 1 is 1.07 bits per heavy atom. The summed E-state index contributed by atoms with van der Waals surface area (Å²) in [6.45, 7) is 7.37. The molecule has 6 nitrogen and oxygen atoms in total. The highest BCUT2D eigenvalue weighted by atomic mass is 32.2. The summed E-state index contributed by atoms with van der Waals surface area (Å²) in [6.07, 6.45) is 1.91. The summed E-state index contributed by atoms with van der Waals surface area (Å²) in [5.41, 5.74) is 3.86. The molecule has 8 heteroatoms. The summed E-state index contributed by atoms with van der Waals surface area (Å²) in [5.74, 6) is 0. The molecule has 30 heavy (non-hydrogen) atoms. The van der Waals surface area contributed by atoms with Gasteiger partial charge in [-0.2, -0.15) is 0 Å². The lowest BCUT2D eigenvalue weighted by Gasteiger charge is -2.38. The molecular formula is C22H32N4O2S2. The number of likely N-dealkylation sites (N-methyl/N-ethyl adjacent to an activating group) is 2. The molecule has 1 atom stereocenters. The Labute approximate surface area is 184 Å². The van der Waals surface area contributed by atoms with Crippen molar-refractivity contribution in [2.75, 3.05) is 58.3 Å². The Hall–Kier alpha value is -1.45. The van der Waals surface area contributed by atoms with Gasteiger partial charge in [0.15, 0.2) is 0 Å². The van der Waals surface area contributed by atoms with Crippen molar-refractivity contribution in [2.45, 2.75) is 30.0 Å². The van der Waals surface area contributed by atoms with Crippen LogP contribution < -0.4 is 9.62 Å². The van der Waals surface area contributed by atoms with Crippen LogP contribution >= 0.6 is 11.3 Å². The van der Waals surface area contributed by atoms with Gasteiger partial charge in [0.2, 0.25) is 10.0 Å². The lowest BCUT2D eigenvalue weighted by Crippen LogP contribution is -2.48. The average molecular weight is 449 g/mol. The first-order chi connectivity index (χ1) is 14.4. The molecule has 1 fully saturated rings. The van der Waals surface area contributed by atoms with Crippen LogP contribution in [-0.2, 0) is 22.9 Å². The normalized spacial score (nSPS) is 19.2.